The van der Waals surface area contributed by atoms with Crippen LogP contribution in [0.5, 0.6) is 0 Å². The minimum Gasteiger partial charge on any atom is -0.464 e. The van der Waals surface area contributed by atoms with Gasteiger partial charge in [0.2, 0.25) is 11.0 Å². The minimum absolute atomic E-state index is 0.0152. The number of carbonyl (C=O) groups excluding carboxylic acids is 3. The van der Waals surface area contributed by atoms with Gasteiger partial charge in [0.15, 0.2) is 0 Å². The Bertz CT molecular complexity index is 400. The molecule has 0 aliphatic carbocycles. The summed E-state index contributed by atoms with van der Waals surface area (Å²) in [6.07, 6.45) is 2.32. The van der Waals surface area contributed by atoms with Crippen LogP contribution in [0.3, 0.4) is 0 Å². The van der Waals surface area contributed by atoms with E-state index in [0.29, 0.717) is 0 Å². The van der Waals surface area contributed by atoms with Crippen LogP contribution < -0.4 is 10.6 Å². The van der Waals surface area contributed by atoms with Gasteiger partial charge in [0.25, 0.3) is 0 Å². The molecule has 1 rings (SSSR count). The van der Waals surface area contributed by atoms with Crippen molar-refractivity contribution in [3.05, 3.63) is 22.9 Å². The van der Waals surface area contributed by atoms with Gasteiger partial charge < -0.3 is 15.4 Å². The number of likely N-dealkylation sites (N-methyl/N-ethyl adjacent to an activating group) is 1. The normalized spacial score (nSPS) is 17.5. The maximum Gasteiger partial charge on any atom is 0.354 e. The van der Waals surface area contributed by atoms with Gasteiger partial charge in [-0.1, -0.05) is 0 Å². The number of ether oxygens (including phenoxy) is 1. The van der Waals surface area contributed by atoms with Crippen molar-refractivity contribution in [2.24, 2.45) is 0 Å². The molecule has 0 radical (unpaired) electrons. The molecule has 0 aromatic carbocycles. The summed E-state index contributed by atoms with van der Waals surface area (Å²) in [6.45, 7) is 0. The van der Waals surface area contributed by atoms with Crippen LogP contribution in [0.1, 0.15) is 0 Å². The Labute approximate surface area is 96.1 Å². The van der Waals surface area contributed by atoms with E-state index in [1.54, 1.807) is 0 Å². The van der Waals surface area contributed by atoms with Crippen molar-refractivity contribution >= 4 is 28.8 Å². The molecule has 0 saturated carbocycles. The lowest BCUT2D eigenvalue weighted by Gasteiger charge is -2.15. The summed E-state index contributed by atoms with van der Waals surface area (Å²) in [6, 6.07) is 0. The van der Waals surface area contributed by atoms with Crippen molar-refractivity contribution in [2.45, 2.75) is 0 Å². The third kappa shape index (κ3) is 3.13. The molecule has 0 fully saturated rings. The highest BCUT2D eigenvalue weighted by atomic mass is 32.2. The number of esters is 1. The first-order valence-electron chi connectivity index (χ1n) is 4.29. The van der Waals surface area contributed by atoms with Crippen LogP contribution in [-0.4, -0.2) is 31.1 Å². The molecule has 0 unspecified atom stereocenters. The van der Waals surface area contributed by atoms with E-state index >= 15 is 0 Å². The molecule has 6 nitrogen and oxygen atoms in total. The zero-order valence-electron chi connectivity index (χ0n) is 8.70. The van der Waals surface area contributed by atoms with Gasteiger partial charge in [-0.05, 0) is 11.8 Å². The number of carbonyl (C=O) groups is 3. The summed E-state index contributed by atoms with van der Waals surface area (Å²) in [7, 11) is 2.67. The molecule has 1 aliphatic rings. The lowest BCUT2D eigenvalue weighted by molar-refractivity contribution is -0.136. The Morgan fingerprint density at radius 2 is 2.25 bits per heavy atom. The Morgan fingerprint density at radius 1 is 1.56 bits per heavy atom. The van der Waals surface area contributed by atoms with Crippen LogP contribution in [0.4, 0.5) is 0 Å². The number of amides is 1. The molecule has 0 aromatic rings. The SMILES string of the molecule is CNC(=O)/C=C1/NC(C(=O)OC)=CC(=O)S1. The van der Waals surface area contributed by atoms with E-state index in [0.717, 1.165) is 17.8 Å². The summed E-state index contributed by atoms with van der Waals surface area (Å²) >= 11 is 0.828. The topological polar surface area (TPSA) is 84.5 Å². The van der Waals surface area contributed by atoms with Crippen molar-refractivity contribution < 1.29 is 19.1 Å². The van der Waals surface area contributed by atoms with Crippen molar-refractivity contribution in [2.75, 3.05) is 14.2 Å². The highest BCUT2D eigenvalue weighted by molar-refractivity contribution is 8.17. The van der Waals surface area contributed by atoms with Crippen LogP contribution in [0, 0.1) is 0 Å². The Morgan fingerprint density at radius 3 is 2.81 bits per heavy atom. The van der Waals surface area contributed by atoms with Crippen LogP contribution >= 0.6 is 11.8 Å². The molecule has 0 spiro atoms. The molecule has 0 saturated heterocycles. The van der Waals surface area contributed by atoms with Crippen molar-refractivity contribution in [3.63, 3.8) is 0 Å². The third-order valence-electron chi connectivity index (χ3n) is 1.64. The number of rotatable bonds is 2. The van der Waals surface area contributed by atoms with Crippen LogP contribution in [0.15, 0.2) is 22.9 Å². The zero-order chi connectivity index (χ0) is 12.1. The van der Waals surface area contributed by atoms with E-state index in [2.05, 4.69) is 15.4 Å². The highest BCUT2D eigenvalue weighted by Crippen LogP contribution is 2.21. The van der Waals surface area contributed by atoms with Crippen LogP contribution in [0.25, 0.3) is 0 Å². The second-order valence-corrected chi connectivity index (χ2v) is 3.76. The van der Waals surface area contributed by atoms with Gasteiger partial charge in [-0.3, -0.25) is 9.59 Å². The molecule has 1 heterocycles. The lowest BCUT2D eigenvalue weighted by Crippen LogP contribution is -2.26. The molecule has 2 N–H and O–H groups in total. The standard InChI is InChI=1S/C9H10N2O4S/c1-10-6(12)4-7-11-5(9(14)15-2)3-8(13)16-7/h3-4,11H,1-2H3,(H,10,12)/b7-4-. The van der Waals surface area contributed by atoms with Gasteiger partial charge in [-0.15, -0.1) is 0 Å². The largest absolute Gasteiger partial charge is 0.464 e. The maximum atomic E-state index is 11.2. The van der Waals surface area contributed by atoms with Gasteiger partial charge >= 0.3 is 5.97 Å². The Hall–Kier alpha value is -1.76. The monoisotopic (exact) mass is 242 g/mol. The predicted octanol–water partition coefficient (Wildman–Crippen LogP) is -0.506. The Kier molecular flexibility index (Phi) is 4.12. The van der Waals surface area contributed by atoms with E-state index < -0.39 is 5.97 Å². The Balaban J connectivity index is 2.87. The highest BCUT2D eigenvalue weighted by Gasteiger charge is 2.20. The summed E-state index contributed by atoms with van der Waals surface area (Å²) in [5.74, 6) is -1.02. The molecule has 86 valence electrons. The number of hydrogen-bond donors (Lipinski definition) is 2. The average molecular weight is 242 g/mol. The first kappa shape index (κ1) is 12.3. The summed E-state index contributed by atoms with van der Waals surface area (Å²) in [4.78, 5) is 33.5. The van der Waals surface area contributed by atoms with E-state index in [1.807, 2.05) is 0 Å². The van der Waals surface area contributed by atoms with Gasteiger partial charge in [-0.2, -0.15) is 0 Å². The van der Waals surface area contributed by atoms with Crippen LogP contribution in [-0.2, 0) is 19.1 Å². The molecule has 0 bridgehead atoms. The van der Waals surface area contributed by atoms with E-state index in [4.69, 9.17) is 0 Å². The number of thioether (sulfide) groups is 1. The second kappa shape index (κ2) is 5.36. The molecule has 1 amide bonds. The average Bonchev–Trinajstić information content (AvgIpc) is 2.27. The third-order valence-corrected chi connectivity index (χ3v) is 2.40. The molecule has 0 aromatic heterocycles. The van der Waals surface area contributed by atoms with Crippen molar-refractivity contribution in [1.82, 2.24) is 10.6 Å². The predicted molar refractivity (Wildman–Crippen MR) is 58.0 cm³/mol. The zero-order valence-corrected chi connectivity index (χ0v) is 9.51. The van der Waals surface area contributed by atoms with Crippen molar-refractivity contribution in [3.8, 4) is 0 Å². The quantitative estimate of drug-likeness (QED) is 0.501. The molecular formula is C9H10N2O4S. The van der Waals surface area contributed by atoms with Gasteiger partial charge in [0.1, 0.15) is 5.70 Å². The van der Waals surface area contributed by atoms with E-state index in [-0.39, 0.29) is 21.7 Å². The fraction of sp³-hybridized carbons (Fsp3) is 0.222. The number of nitrogens with one attached hydrogen (secondary N) is 2. The molecule has 7 heteroatoms. The van der Waals surface area contributed by atoms with Gasteiger partial charge in [-0.25, -0.2) is 4.79 Å². The number of methoxy groups -OCH3 is 1. The van der Waals surface area contributed by atoms with Crippen molar-refractivity contribution in [1.29, 1.82) is 0 Å². The molecule has 1 aliphatic heterocycles. The smallest absolute Gasteiger partial charge is 0.354 e. The first-order chi connectivity index (χ1) is 7.56. The molecule has 16 heavy (non-hydrogen) atoms. The van der Waals surface area contributed by atoms with Gasteiger partial charge in [0.05, 0.1) is 12.1 Å². The summed E-state index contributed by atoms with van der Waals surface area (Å²) in [5.41, 5.74) is 0.0152. The summed E-state index contributed by atoms with van der Waals surface area (Å²) < 4.78 is 4.46. The second-order valence-electron chi connectivity index (χ2n) is 2.72. The fourth-order valence-corrected chi connectivity index (χ4v) is 1.65. The van der Waals surface area contributed by atoms with Gasteiger partial charge in [0, 0.05) is 19.2 Å². The minimum atomic E-state index is -0.656. The lowest BCUT2D eigenvalue weighted by atomic mass is 10.4. The molecular weight excluding hydrogens is 232 g/mol. The van der Waals surface area contributed by atoms with E-state index in [1.165, 1.54) is 20.2 Å². The molecule has 0 atom stereocenters. The number of hydrogen-bond acceptors (Lipinski definition) is 6. The first-order valence-corrected chi connectivity index (χ1v) is 5.10. The van der Waals surface area contributed by atoms with Crippen LogP contribution in [0.2, 0.25) is 0 Å². The van der Waals surface area contributed by atoms with E-state index in [9.17, 15) is 14.4 Å². The summed E-state index contributed by atoms with van der Waals surface area (Å²) in [5, 5.41) is 4.94. The fourth-order valence-electron chi connectivity index (χ4n) is 0.927. The maximum absolute atomic E-state index is 11.2.